The molecule has 1 amide bonds. The Hall–Kier alpha value is -2.90. The predicted octanol–water partition coefficient (Wildman–Crippen LogP) is 4.14. The van der Waals surface area contributed by atoms with Crippen LogP contribution < -0.4 is 11.1 Å². The van der Waals surface area contributed by atoms with Gasteiger partial charge in [-0.25, -0.2) is 4.98 Å². The number of para-hydroxylation sites is 1. The predicted molar refractivity (Wildman–Crippen MR) is 134 cm³/mol. The third-order valence-corrected chi connectivity index (χ3v) is 7.54. The van der Waals surface area contributed by atoms with E-state index in [1.807, 2.05) is 48.7 Å². The van der Waals surface area contributed by atoms with Crippen molar-refractivity contribution in [2.24, 2.45) is 11.8 Å². The summed E-state index contributed by atoms with van der Waals surface area (Å²) in [4.78, 5) is 22.6. The Bertz CT molecular complexity index is 1080. The van der Waals surface area contributed by atoms with E-state index in [-0.39, 0.29) is 12.0 Å². The zero-order valence-corrected chi connectivity index (χ0v) is 19.9. The van der Waals surface area contributed by atoms with E-state index in [4.69, 9.17) is 10.5 Å². The second kappa shape index (κ2) is 10.2. The lowest BCUT2D eigenvalue weighted by atomic mass is 10.00. The van der Waals surface area contributed by atoms with E-state index in [2.05, 4.69) is 27.1 Å². The maximum atomic E-state index is 12.6. The summed E-state index contributed by atoms with van der Waals surface area (Å²) >= 11 is 0. The number of pyridine rings is 1. The van der Waals surface area contributed by atoms with Gasteiger partial charge in [0.05, 0.1) is 12.7 Å². The van der Waals surface area contributed by atoms with Crippen LogP contribution in [0, 0.1) is 11.8 Å². The lowest BCUT2D eigenvalue weighted by molar-refractivity contribution is -0.0614. The molecule has 180 valence electrons. The average molecular weight is 462 g/mol. The molecule has 1 saturated heterocycles. The summed E-state index contributed by atoms with van der Waals surface area (Å²) < 4.78 is 6.08. The van der Waals surface area contributed by atoms with E-state index in [0.29, 0.717) is 23.5 Å². The number of hydrogen-bond acceptors (Lipinski definition) is 5. The topological polar surface area (TPSA) is 96.3 Å². The molecule has 1 aliphatic carbocycles. The number of fused-ring (bicyclic) bond motifs is 1. The molecule has 2 fully saturated rings. The molecule has 0 unspecified atom stereocenters. The zero-order chi connectivity index (χ0) is 23.5. The number of nitrogens with one attached hydrogen (secondary N) is 2. The van der Waals surface area contributed by atoms with Crippen molar-refractivity contribution in [3.8, 4) is 0 Å². The van der Waals surface area contributed by atoms with Crippen molar-refractivity contribution >= 4 is 22.6 Å². The highest BCUT2D eigenvalue weighted by atomic mass is 16.5. The highest BCUT2D eigenvalue weighted by molar-refractivity contribution is 5.97. The second-order valence-electron chi connectivity index (χ2n) is 10.00. The third kappa shape index (κ3) is 5.26. The maximum Gasteiger partial charge on any atom is 0.267 e. The molecule has 0 spiro atoms. The number of morpholine rings is 1. The van der Waals surface area contributed by atoms with Gasteiger partial charge in [0.25, 0.3) is 5.91 Å². The summed E-state index contributed by atoms with van der Waals surface area (Å²) in [6.07, 6.45) is 6.72. The van der Waals surface area contributed by atoms with Crippen molar-refractivity contribution < 1.29 is 9.53 Å². The van der Waals surface area contributed by atoms with Crippen LogP contribution in [0.15, 0.2) is 48.7 Å². The number of aromatic nitrogens is 2. The molecule has 0 bridgehead atoms. The van der Waals surface area contributed by atoms with Crippen LogP contribution in [0.2, 0.25) is 0 Å². The highest BCUT2D eigenvalue weighted by Gasteiger charge is 2.30. The second-order valence-corrected chi connectivity index (χ2v) is 10.00. The lowest BCUT2D eigenvalue weighted by Crippen LogP contribution is -2.45. The molecule has 0 radical (unpaired) electrons. The quantitative estimate of drug-likeness (QED) is 0.491. The molecule has 3 heterocycles. The number of ether oxygens (including phenoxy) is 1. The molecule has 1 aromatic carbocycles. The number of H-pyrrole nitrogens is 1. The Labute approximate surface area is 201 Å². The molecule has 7 nitrogen and oxygen atoms in total. The molecule has 5 rings (SSSR count). The molecule has 1 saturated carbocycles. The highest BCUT2D eigenvalue weighted by Crippen LogP contribution is 2.34. The Kier molecular flexibility index (Phi) is 6.83. The number of carbonyl (C=O) groups is 1. The molecule has 2 aromatic heterocycles. The molecule has 34 heavy (non-hydrogen) atoms. The SMILES string of the molecule is C[C@H]1CO[C@@H](c2ccc(N)nc2)CN1CC[C@H]1CC[C@@H](CNC(=O)c2cc3ccccc3[nH]2)C1. The Balaban J connectivity index is 1.07. The minimum atomic E-state index is -0.00927. The van der Waals surface area contributed by atoms with E-state index in [1.165, 1.54) is 25.7 Å². The van der Waals surface area contributed by atoms with Gasteiger partial charge >= 0.3 is 0 Å². The fourth-order valence-electron chi connectivity index (χ4n) is 5.43. The van der Waals surface area contributed by atoms with Gasteiger partial charge in [-0.15, -0.1) is 0 Å². The summed E-state index contributed by atoms with van der Waals surface area (Å²) in [5, 5.41) is 4.22. The summed E-state index contributed by atoms with van der Waals surface area (Å²) in [5.74, 6) is 1.82. The summed E-state index contributed by atoms with van der Waals surface area (Å²) in [7, 11) is 0. The summed E-state index contributed by atoms with van der Waals surface area (Å²) in [6, 6.07) is 14.2. The molecule has 1 aliphatic heterocycles. The minimum Gasteiger partial charge on any atom is -0.384 e. The van der Waals surface area contributed by atoms with Crippen molar-refractivity contribution in [3.05, 3.63) is 59.9 Å². The molecule has 3 aromatic rings. The third-order valence-electron chi connectivity index (χ3n) is 7.54. The van der Waals surface area contributed by atoms with Crippen LogP contribution in [0.4, 0.5) is 5.82 Å². The average Bonchev–Trinajstić information content (AvgIpc) is 3.49. The summed E-state index contributed by atoms with van der Waals surface area (Å²) in [6.45, 7) is 5.72. The number of carbonyl (C=O) groups excluding carboxylic acids is 1. The van der Waals surface area contributed by atoms with Crippen molar-refractivity contribution in [1.29, 1.82) is 0 Å². The van der Waals surface area contributed by atoms with E-state index < -0.39 is 0 Å². The molecule has 4 atom stereocenters. The number of hydrogen-bond donors (Lipinski definition) is 3. The number of nitrogen functional groups attached to an aromatic ring is 1. The first-order chi connectivity index (χ1) is 16.5. The van der Waals surface area contributed by atoms with E-state index >= 15 is 0 Å². The van der Waals surface area contributed by atoms with Crippen LogP contribution in [-0.2, 0) is 4.74 Å². The van der Waals surface area contributed by atoms with Crippen molar-refractivity contribution in [1.82, 2.24) is 20.2 Å². The first kappa shape index (κ1) is 22.9. The Morgan fingerprint density at radius 3 is 2.91 bits per heavy atom. The van der Waals surface area contributed by atoms with Crippen LogP contribution in [-0.4, -0.2) is 53.1 Å². The monoisotopic (exact) mass is 461 g/mol. The fourth-order valence-corrected chi connectivity index (χ4v) is 5.43. The van der Waals surface area contributed by atoms with Gasteiger partial charge in [-0.3, -0.25) is 9.69 Å². The number of rotatable bonds is 7. The first-order valence-corrected chi connectivity index (χ1v) is 12.5. The summed E-state index contributed by atoms with van der Waals surface area (Å²) in [5.41, 5.74) is 8.47. The van der Waals surface area contributed by atoms with E-state index in [1.54, 1.807) is 0 Å². The van der Waals surface area contributed by atoms with Gasteiger partial charge < -0.3 is 20.8 Å². The number of benzene rings is 1. The standard InChI is InChI=1S/C27H35N5O2/c1-18-17-34-25(22-8-9-26(28)29-15-22)16-32(18)11-10-19-6-7-20(12-19)14-30-27(33)24-13-21-4-2-3-5-23(21)31-24/h2-5,8-9,13,15,18-20,25,31H,6-7,10-12,14,16-17H2,1H3,(H2,28,29)(H,30,33)/t18-,19+,20+,25+/m0/s1. The molecular weight excluding hydrogens is 426 g/mol. The number of aromatic amines is 1. The molecule has 4 N–H and O–H groups in total. The smallest absolute Gasteiger partial charge is 0.267 e. The van der Waals surface area contributed by atoms with Crippen LogP contribution in [0.1, 0.15) is 54.8 Å². The lowest BCUT2D eigenvalue weighted by Gasteiger charge is -2.38. The first-order valence-electron chi connectivity index (χ1n) is 12.5. The van der Waals surface area contributed by atoms with Crippen LogP contribution in [0.3, 0.4) is 0 Å². The van der Waals surface area contributed by atoms with Gasteiger partial charge in [-0.2, -0.15) is 0 Å². The molecular formula is C27H35N5O2. The fraction of sp³-hybridized carbons (Fsp3) is 0.481. The van der Waals surface area contributed by atoms with Gasteiger partial charge in [0.15, 0.2) is 0 Å². The number of nitrogens with two attached hydrogens (primary N) is 1. The van der Waals surface area contributed by atoms with Crippen LogP contribution >= 0.6 is 0 Å². The number of anilines is 1. The Morgan fingerprint density at radius 2 is 2.09 bits per heavy atom. The molecule has 2 aliphatic rings. The number of amides is 1. The van der Waals surface area contributed by atoms with Crippen molar-refractivity contribution in [2.75, 3.05) is 32.0 Å². The van der Waals surface area contributed by atoms with Gasteiger partial charge in [-0.05, 0) is 62.8 Å². The van der Waals surface area contributed by atoms with E-state index in [0.717, 1.165) is 48.6 Å². The largest absolute Gasteiger partial charge is 0.384 e. The van der Waals surface area contributed by atoms with Crippen LogP contribution in [0.5, 0.6) is 0 Å². The number of nitrogens with zero attached hydrogens (tertiary/aromatic N) is 2. The van der Waals surface area contributed by atoms with Crippen molar-refractivity contribution in [3.63, 3.8) is 0 Å². The van der Waals surface area contributed by atoms with Gasteiger partial charge in [-0.1, -0.05) is 30.7 Å². The van der Waals surface area contributed by atoms with Crippen molar-refractivity contribution in [2.45, 2.75) is 44.8 Å². The van der Waals surface area contributed by atoms with Gasteiger partial charge in [0.1, 0.15) is 11.5 Å². The van der Waals surface area contributed by atoms with Gasteiger partial charge in [0.2, 0.25) is 0 Å². The van der Waals surface area contributed by atoms with Crippen LogP contribution in [0.25, 0.3) is 10.9 Å². The molecule has 7 heteroatoms. The maximum absolute atomic E-state index is 12.6. The normalized spacial score (nSPS) is 25.6. The van der Waals surface area contributed by atoms with Gasteiger partial charge in [0, 0.05) is 41.8 Å². The Morgan fingerprint density at radius 1 is 1.24 bits per heavy atom. The van der Waals surface area contributed by atoms with E-state index in [9.17, 15) is 4.79 Å². The zero-order valence-electron chi connectivity index (χ0n) is 19.9. The minimum absolute atomic E-state index is 0.00927.